The molecule has 2 aliphatic heterocycles. The van der Waals surface area contributed by atoms with Crippen molar-refractivity contribution in [3.8, 4) is 0 Å². The van der Waals surface area contributed by atoms with Crippen LogP contribution in [0.5, 0.6) is 0 Å². The van der Waals surface area contributed by atoms with E-state index >= 15 is 0 Å². The number of ether oxygens (including phenoxy) is 1. The summed E-state index contributed by atoms with van der Waals surface area (Å²) in [6.45, 7) is -0.811. The summed E-state index contributed by atoms with van der Waals surface area (Å²) in [6.07, 6.45) is -8.20. The number of carboxylic acid groups (broad SMARTS) is 1. The number of thioether (sulfide) groups is 1. The van der Waals surface area contributed by atoms with Crippen LogP contribution in [-0.2, 0) is 9.48 Å². The molecule has 1 amide bonds. The molecule has 0 saturated carbocycles. The molecule has 0 unspecified atom stereocenters. The third kappa shape index (κ3) is 3.13. The summed E-state index contributed by atoms with van der Waals surface area (Å²) in [5.74, 6) is -1.96. The maximum atomic E-state index is 14.4. The van der Waals surface area contributed by atoms with Crippen molar-refractivity contribution in [3.63, 3.8) is 0 Å². The lowest BCUT2D eigenvalue weighted by atomic mass is 9.83. The summed E-state index contributed by atoms with van der Waals surface area (Å²) in [5.41, 5.74) is 5.79. The van der Waals surface area contributed by atoms with Crippen LogP contribution in [0.2, 0.25) is 0 Å². The molecule has 3 rings (SSSR count). The van der Waals surface area contributed by atoms with Crippen molar-refractivity contribution in [3.05, 3.63) is 29.6 Å². The number of carbonyl (C=O) groups is 1. The van der Waals surface area contributed by atoms with Gasteiger partial charge in [-0.3, -0.25) is 10.3 Å². The molecule has 0 bridgehead atoms. The van der Waals surface area contributed by atoms with E-state index in [1.807, 2.05) is 5.32 Å². The Morgan fingerprint density at radius 3 is 2.84 bits per heavy atom. The Labute approximate surface area is 143 Å². The molecule has 3 atom stereocenters. The number of hydrogen-bond donors (Lipinski definition) is 3. The Morgan fingerprint density at radius 2 is 2.20 bits per heavy atom. The third-order valence-electron chi connectivity index (χ3n) is 4.13. The van der Waals surface area contributed by atoms with Crippen molar-refractivity contribution in [2.24, 2.45) is 10.9 Å². The first-order valence-electron chi connectivity index (χ1n) is 7.11. The number of nitrogens with two attached hydrogens (primary N) is 1. The van der Waals surface area contributed by atoms with E-state index in [0.29, 0.717) is 11.8 Å². The lowest BCUT2D eigenvalue weighted by Gasteiger charge is -2.38. The average Bonchev–Trinajstić information content (AvgIpc) is 2.88. The summed E-state index contributed by atoms with van der Waals surface area (Å²) in [5, 5.41) is 10.7. The maximum absolute atomic E-state index is 14.4. The Hall–Kier alpha value is -2.01. The zero-order valence-electron chi connectivity index (χ0n) is 12.5. The number of benzene rings is 1. The number of hydrogen-bond acceptors (Lipinski definition) is 5. The number of amides is 1. The third-order valence-corrected chi connectivity index (χ3v) is 5.56. The number of fused-ring (bicyclic) bond motifs is 1. The number of rotatable bonds is 1. The van der Waals surface area contributed by atoms with E-state index < -0.39 is 41.5 Å². The lowest BCUT2D eigenvalue weighted by Crippen LogP contribution is -2.47. The number of nitrogen functional groups attached to an aromatic ring is 1. The molecule has 1 aromatic carbocycles. The maximum Gasteiger partial charge on any atom is 0.415 e. The molecule has 6 nitrogen and oxygen atoms in total. The van der Waals surface area contributed by atoms with Crippen molar-refractivity contribution in [2.75, 3.05) is 18.9 Å². The van der Waals surface area contributed by atoms with Gasteiger partial charge in [-0.1, -0.05) is 11.8 Å². The fraction of sp³-hybridized carbons (Fsp3) is 0.429. The SMILES string of the molecule is Nc1ccc(F)c([C@]23CO[C@H](C(F)(F)F)[C@@H]2CN=C(NC(=O)O)S3)c1. The van der Waals surface area contributed by atoms with E-state index in [2.05, 4.69) is 4.99 Å². The molecule has 136 valence electrons. The number of halogens is 4. The van der Waals surface area contributed by atoms with Gasteiger partial charge in [0, 0.05) is 23.7 Å². The smallest absolute Gasteiger partial charge is 0.415 e. The van der Waals surface area contributed by atoms with Crippen LogP contribution in [0.15, 0.2) is 23.2 Å². The monoisotopic (exact) mass is 379 g/mol. The van der Waals surface area contributed by atoms with Gasteiger partial charge in [0.25, 0.3) is 0 Å². The summed E-state index contributed by atoms with van der Waals surface area (Å²) < 4.78 is 57.8. The van der Waals surface area contributed by atoms with Crippen LogP contribution in [-0.4, -0.2) is 41.8 Å². The Kier molecular flexibility index (Phi) is 4.31. The van der Waals surface area contributed by atoms with Crippen molar-refractivity contribution in [1.82, 2.24) is 5.32 Å². The van der Waals surface area contributed by atoms with E-state index in [-0.39, 0.29) is 23.0 Å². The molecule has 0 aromatic heterocycles. The van der Waals surface area contributed by atoms with Gasteiger partial charge in [-0.05, 0) is 18.2 Å². The van der Waals surface area contributed by atoms with Gasteiger partial charge >= 0.3 is 12.3 Å². The highest BCUT2D eigenvalue weighted by molar-refractivity contribution is 8.14. The van der Waals surface area contributed by atoms with E-state index in [4.69, 9.17) is 15.6 Å². The topological polar surface area (TPSA) is 96.9 Å². The highest BCUT2D eigenvalue weighted by Gasteiger charge is 2.62. The minimum atomic E-state index is -4.66. The lowest BCUT2D eigenvalue weighted by molar-refractivity contribution is -0.215. The Balaban J connectivity index is 2.09. The van der Waals surface area contributed by atoms with Crippen molar-refractivity contribution in [2.45, 2.75) is 17.0 Å². The van der Waals surface area contributed by atoms with Crippen LogP contribution in [0.3, 0.4) is 0 Å². The molecular formula is C14H13F4N3O3S. The summed E-state index contributed by atoms with van der Waals surface area (Å²) >= 11 is 0.711. The van der Waals surface area contributed by atoms with Gasteiger partial charge in [0.2, 0.25) is 0 Å². The largest absolute Gasteiger partial charge is 0.465 e. The molecule has 11 heteroatoms. The van der Waals surface area contributed by atoms with Crippen LogP contribution in [0.4, 0.5) is 28.0 Å². The highest BCUT2D eigenvalue weighted by atomic mass is 32.2. The van der Waals surface area contributed by atoms with Crippen molar-refractivity contribution < 1.29 is 32.2 Å². The fourth-order valence-corrected chi connectivity index (χ4v) is 4.46. The van der Waals surface area contributed by atoms with Gasteiger partial charge in [0.1, 0.15) is 5.82 Å². The second kappa shape index (κ2) is 6.06. The standard InChI is InChI=1S/C14H13F4N3O3S/c15-9-2-1-6(19)3-7(9)13-5-24-10(14(16,17)18)8(13)4-20-11(25-13)21-12(22)23/h1-3,8,10H,4-5,19H2,(H,20,21)(H,22,23)/t8-,10-,13+/m0/s1. The van der Waals surface area contributed by atoms with Gasteiger partial charge in [0.05, 0.1) is 11.4 Å². The first kappa shape index (κ1) is 17.8. The zero-order chi connectivity index (χ0) is 18.4. The zero-order valence-corrected chi connectivity index (χ0v) is 13.3. The van der Waals surface area contributed by atoms with Gasteiger partial charge in [0.15, 0.2) is 11.3 Å². The van der Waals surface area contributed by atoms with Gasteiger partial charge in [-0.2, -0.15) is 13.2 Å². The predicted octanol–water partition coefficient (Wildman–Crippen LogP) is 2.55. The molecule has 25 heavy (non-hydrogen) atoms. The van der Waals surface area contributed by atoms with Gasteiger partial charge in [-0.25, -0.2) is 9.18 Å². The second-order valence-electron chi connectivity index (χ2n) is 5.69. The van der Waals surface area contributed by atoms with Crippen LogP contribution >= 0.6 is 11.8 Å². The van der Waals surface area contributed by atoms with Gasteiger partial charge in [-0.15, -0.1) is 0 Å². The van der Waals surface area contributed by atoms with Crippen LogP contribution < -0.4 is 11.1 Å². The molecule has 2 heterocycles. The molecule has 0 spiro atoms. The summed E-state index contributed by atoms with van der Waals surface area (Å²) in [7, 11) is 0. The Morgan fingerprint density at radius 1 is 1.48 bits per heavy atom. The molecule has 1 saturated heterocycles. The fourth-order valence-electron chi connectivity index (χ4n) is 3.09. The molecule has 0 aliphatic carbocycles. The minimum absolute atomic E-state index is 0.0613. The molecule has 4 N–H and O–H groups in total. The Bertz CT molecular complexity index is 743. The van der Waals surface area contributed by atoms with Gasteiger partial charge < -0.3 is 15.6 Å². The quantitative estimate of drug-likeness (QED) is 0.515. The number of nitrogens with one attached hydrogen (secondary N) is 1. The van der Waals surface area contributed by atoms with Crippen molar-refractivity contribution >= 4 is 28.7 Å². The van der Waals surface area contributed by atoms with Crippen LogP contribution in [0.25, 0.3) is 0 Å². The normalized spacial score (nSPS) is 29.0. The minimum Gasteiger partial charge on any atom is -0.465 e. The molecule has 1 fully saturated rings. The average molecular weight is 379 g/mol. The summed E-state index contributed by atoms with van der Waals surface area (Å²) in [4.78, 5) is 14.7. The molecular weight excluding hydrogens is 366 g/mol. The van der Waals surface area contributed by atoms with E-state index in [0.717, 1.165) is 6.07 Å². The van der Waals surface area contributed by atoms with Crippen LogP contribution in [0, 0.1) is 11.7 Å². The number of amidine groups is 1. The number of aliphatic imine (C=N–C) groups is 1. The first-order valence-corrected chi connectivity index (χ1v) is 7.92. The number of alkyl halides is 3. The molecule has 2 aliphatic rings. The predicted molar refractivity (Wildman–Crippen MR) is 82.8 cm³/mol. The van der Waals surface area contributed by atoms with Crippen molar-refractivity contribution in [1.29, 1.82) is 0 Å². The molecule has 1 aromatic rings. The number of anilines is 1. The summed E-state index contributed by atoms with van der Waals surface area (Å²) in [6, 6.07) is 3.61. The molecule has 0 radical (unpaired) electrons. The van der Waals surface area contributed by atoms with Crippen LogP contribution in [0.1, 0.15) is 5.56 Å². The first-order chi connectivity index (χ1) is 11.6. The van der Waals surface area contributed by atoms with E-state index in [1.165, 1.54) is 12.1 Å². The van der Waals surface area contributed by atoms with E-state index in [9.17, 15) is 22.4 Å². The highest BCUT2D eigenvalue weighted by Crippen LogP contribution is 2.55. The number of nitrogens with zero attached hydrogens (tertiary/aromatic N) is 1. The second-order valence-corrected chi connectivity index (χ2v) is 7.01. The van der Waals surface area contributed by atoms with E-state index in [1.54, 1.807) is 0 Å².